The van der Waals surface area contributed by atoms with E-state index >= 15 is 0 Å². The molecule has 0 saturated carbocycles. The Morgan fingerprint density at radius 1 is 0.344 bits per heavy atom. The van der Waals surface area contributed by atoms with E-state index in [1.807, 2.05) is 42.5 Å². The highest BCUT2D eigenvalue weighted by Gasteiger charge is 2.23. The van der Waals surface area contributed by atoms with Gasteiger partial charge in [0.25, 0.3) is 0 Å². The van der Waals surface area contributed by atoms with E-state index < -0.39 is 0 Å². The van der Waals surface area contributed by atoms with Gasteiger partial charge >= 0.3 is 0 Å². The van der Waals surface area contributed by atoms with E-state index in [9.17, 15) is 0 Å². The summed E-state index contributed by atoms with van der Waals surface area (Å²) in [6.45, 7) is 0. The highest BCUT2D eigenvalue weighted by atomic mass is 16.3. The Bertz CT molecular complexity index is 3900. The van der Waals surface area contributed by atoms with Crippen molar-refractivity contribution in [2.75, 3.05) is 0 Å². The van der Waals surface area contributed by atoms with E-state index in [0.29, 0.717) is 23.1 Å². The largest absolute Gasteiger partial charge is 0.456 e. The first-order valence-corrected chi connectivity index (χ1v) is 20.4. The topological polar surface area (TPSA) is 69.9 Å². The lowest BCUT2D eigenvalue weighted by Crippen LogP contribution is -2.01. The molecule has 0 atom stereocenters. The number of nitrogens with zero attached hydrogens (tertiary/aromatic N) is 4. The number of furan rings is 2. The minimum atomic E-state index is 0.513. The lowest BCUT2D eigenvalue weighted by molar-refractivity contribution is 0.668. The summed E-state index contributed by atoms with van der Waals surface area (Å²) in [6, 6.07) is 67.4. The van der Waals surface area contributed by atoms with Crippen LogP contribution in [0.2, 0.25) is 0 Å². The summed E-state index contributed by atoms with van der Waals surface area (Å²) in [6.07, 6.45) is 0. The smallest absolute Gasteiger partial charge is 0.167 e. The quantitative estimate of drug-likeness (QED) is 0.174. The molecule has 0 aliphatic rings. The molecule has 0 fully saturated rings. The third kappa shape index (κ3) is 5.26. The maximum Gasteiger partial charge on any atom is 0.167 e. The zero-order valence-electron chi connectivity index (χ0n) is 32.6. The van der Waals surface area contributed by atoms with Crippen LogP contribution in [0.25, 0.3) is 127 Å². The molecule has 9 aromatic carbocycles. The number of rotatable bonds is 5. The van der Waals surface area contributed by atoms with Crippen molar-refractivity contribution in [3.05, 3.63) is 194 Å². The summed E-state index contributed by atoms with van der Waals surface area (Å²) in [5.41, 5.74) is 11.1. The van der Waals surface area contributed by atoms with Crippen LogP contribution < -0.4 is 0 Å². The second kappa shape index (κ2) is 13.1. The van der Waals surface area contributed by atoms with Gasteiger partial charge in [0.2, 0.25) is 0 Å². The van der Waals surface area contributed by atoms with E-state index in [1.165, 1.54) is 21.5 Å². The molecule has 4 aromatic heterocycles. The van der Waals surface area contributed by atoms with Crippen molar-refractivity contribution in [1.82, 2.24) is 19.5 Å². The molecule has 61 heavy (non-hydrogen) atoms. The van der Waals surface area contributed by atoms with Crippen LogP contribution >= 0.6 is 0 Å². The molecule has 284 valence electrons. The molecule has 0 amide bonds. The van der Waals surface area contributed by atoms with Crippen LogP contribution in [0.3, 0.4) is 0 Å². The fourth-order valence-electron chi connectivity index (χ4n) is 9.18. The van der Waals surface area contributed by atoms with E-state index in [0.717, 1.165) is 82.8 Å². The van der Waals surface area contributed by atoms with Crippen LogP contribution in [-0.4, -0.2) is 19.5 Å². The molecular weight excluding hydrogens is 749 g/mol. The predicted molar refractivity (Wildman–Crippen MR) is 248 cm³/mol. The van der Waals surface area contributed by atoms with Crippen LogP contribution in [0.5, 0.6) is 0 Å². The normalized spacial score (nSPS) is 11.9. The van der Waals surface area contributed by atoms with Gasteiger partial charge in [0, 0.05) is 38.1 Å². The van der Waals surface area contributed by atoms with Gasteiger partial charge in [-0.15, -0.1) is 0 Å². The van der Waals surface area contributed by atoms with Crippen molar-refractivity contribution < 1.29 is 8.83 Å². The molecule has 0 aliphatic carbocycles. The van der Waals surface area contributed by atoms with E-state index in [1.54, 1.807) is 0 Å². The van der Waals surface area contributed by atoms with Gasteiger partial charge in [-0.1, -0.05) is 133 Å². The van der Waals surface area contributed by atoms with E-state index in [4.69, 9.17) is 23.8 Å². The lowest BCUT2D eigenvalue weighted by Gasteiger charge is -2.13. The van der Waals surface area contributed by atoms with Gasteiger partial charge in [0.1, 0.15) is 22.3 Å². The fraction of sp³-hybridized carbons (Fsp3) is 0. The predicted octanol–water partition coefficient (Wildman–Crippen LogP) is 14.6. The molecular formula is C55H32N4O2. The SMILES string of the molecule is c1ccc(-c2cccc(-c3nc(-c4ccc5c(c4)oc4ccccc45)nc(-c4ccc(-n5c6ccccc6c6cc7ccccc7cc65)c5c4oc4ccccc45)n3)c2)cc1. The Morgan fingerprint density at radius 2 is 0.967 bits per heavy atom. The van der Waals surface area contributed by atoms with Gasteiger partial charge in [-0.2, -0.15) is 0 Å². The number of aromatic nitrogens is 4. The maximum absolute atomic E-state index is 6.90. The summed E-state index contributed by atoms with van der Waals surface area (Å²) in [7, 11) is 0. The molecule has 0 unspecified atom stereocenters. The number of hydrogen-bond acceptors (Lipinski definition) is 5. The monoisotopic (exact) mass is 780 g/mol. The van der Waals surface area contributed by atoms with Gasteiger partial charge in [-0.05, 0) is 82.6 Å². The molecule has 0 saturated heterocycles. The first-order chi connectivity index (χ1) is 30.2. The Hall–Kier alpha value is -8.35. The van der Waals surface area contributed by atoms with E-state index in [-0.39, 0.29) is 0 Å². The Labute approximate surface area is 348 Å². The molecule has 0 bridgehead atoms. The van der Waals surface area contributed by atoms with Gasteiger partial charge < -0.3 is 13.4 Å². The third-order valence-corrected chi connectivity index (χ3v) is 12.0. The summed E-state index contributed by atoms with van der Waals surface area (Å²) in [5, 5.41) is 8.91. The average molecular weight is 781 g/mol. The Kier molecular flexibility index (Phi) is 7.21. The van der Waals surface area contributed by atoms with Crippen molar-refractivity contribution in [3.8, 4) is 51.0 Å². The fourth-order valence-corrected chi connectivity index (χ4v) is 9.18. The van der Waals surface area contributed by atoms with Crippen molar-refractivity contribution in [2.45, 2.75) is 0 Å². The summed E-state index contributed by atoms with van der Waals surface area (Å²) >= 11 is 0. The van der Waals surface area contributed by atoms with Crippen molar-refractivity contribution in [3.63, 3.8) is 0 Å². The molecule has 0 spiro atoms. The zero-order valence-corrected chi connectivity index (χ0v) is 32.6. The minimum absolute atomic E-state index is 0.513. The highest BCUT2D eigenvalue weighted by molar-refractivity contribution is 6.18. The van der Waals surface area contributed by atoms with Gasteiger partial charge in [0.15, 0.2) is 17.5 Å². The van der Waals surface area contributed by atoms with Gasteiger partial charge in [-0.3, -0.25) is 0 Å². The number of benzene rings is 9. The molecule has 6 nitrogen and oxygen atoms in total. The van der Waals surface area contributed by atoms with Crippen molar-refractivity contribution in [2.24, 2.45) is 0 Å². The number of hydrogen-bond donors (Lipinski definition) is 0. The molecule has 4 heterocycles. The number of fused-ring (bicyclic) bond motifs is 10. The molecule has 13 aromatic rings. The van der Waals surface area contributed by atoms with Crippen LogP contribution in [-0.2, 0) is 0 Å². The van der Waals surface area contributed by atoms with Crippen LogP contribution in [0, 0.1) is 0 Å². The third-order valence-electron chi connectivity index (χ3n) is 12.0. The second-order valence-corrected chi connectivity index (χ2v) is 15.6. The lowest BCUT2D eigenvalue weighted by atomic mass is 10.0. The van der Waals surface area contributed by atoms with Crippen molar-refractivity contribution in [1.29, 1.82) is 0 Å². The Morgan fingerprint density at radius 3 is 1.80 bits per heavy atom. The summed E-state index contributed by atoms with van der Waals surface area (Å²) < 4.78 is 15.6. The second-order valence-electron chi connectivity index (χ2n) is 15.6. The molecule has 6 heteroatoms. The highest BCUT2D eigenvalue weighted by Crippen LogP contribution is 2.43. The standard InChI is InChI=1S/C55H32N4O2/c1-2-13-33(14-3-1)34-17-12-18-37(29-34)53-56-54(38-25-26-41-40-20-7-10-23-48(40)60-50(41)32-38)58-55(57-53)43-27-28-46(51-42-21-8-11-24-49(42)61-52(43)51)59-45-22-9-6-19-39(45)44-30-35-15-4-5-16-36(35)31-47(44)59/h1-32H. The number of para-hydroxylation sites is 3. The van der Waals surface area contributed by atoms with E-state index in [2.05, 4.69) is 156 Å². The Balaban J connectivity index is 1.07. The molecule has 13 rings (SSSR count). The summed E-state index contributed by atoms with van der Waals surface area (Å²) in [5.74, 6) is 1.61. The first-order valence-electron chi connectivity index (χ1n) is 20.4. The average Bonchev–Trinajstić information content (AvgIpc) is 4.00. The van der Waals surface area contributed by atoms with Crippen LogP contribution in [0.1, 0.15) is 0 Å². The van der Waals surface area contributed by atoms with Gasteiger partial charge in [-0.25, -0.2) is 15.0 Å². The van der Waals surface area contributed by atoms with Crippen LogP contribution in [0.15, 0.2) is 203 Å². The molecule has 0 aliphatic heterocycles. The van der Waals surface area contributed by atoms with Crippen molar-refractivity contribution >= 4 is 76.5 Å². The maximum atomic E-state index is 6.90. The minimum Gasteiger partial charge on any atom is -0.456 e. The zero-order chi connectivity index (χ0) is 40.0. The van der Waals surface area contributed by atoms with Gasteiger partial charge in [0.05, 0.1) is 27.7 Å². The molecule has 0 radical (unpaired) electrons. The molecule has 0 N–H and O–H groups in total. The van der Waals surface area contributed by atoms with Crippen LogP contribution in [0.4, 0.5) is 0 Å². The first kappa shape index (κ1) is 33.6. The summed E-state index contributed by atoms with van der Waals surface area (Å²) in [4.78, 5) is 15.7.